The van der Waals surface area contributed by atoms with Crippen LogP contribution in [0.1, 0.15) is 30.6 Å². The van der Waals surface area contributed by atoms with Gasteiger partial charge in [0.2, 0.25) is 0 Å². The van der Waals surface area contributed by atoms with Crippen molar-refractivity contribution in [3.63, 3.8) is 0 Å². The fourth-order valence-electron chi connectivity index (χ4n) is 2.94. The quantitative estimate of drug-likeness (QED) is 0.851. The topological polar surface area (TPSA) is 88.1 Å². The fourth-order valence-corrected chi connectivity index (χ4v) is 4.20. The van der Waals surface area contributed by atoms with Gasteiger partial charge in [-0.3, -0.25) is 4.79 Å². The first-order valence-electron chi connectivity index (χ1n) is 8.54. The van der Waals surface area contributed by atoms with Crippen LogP contribution in [-0.4, -0.2) is 33.8 Å². The molecule has 0 bridgehead atoms. The minimum Gasteiger partial charge on any atom is -0.497 e. The van der Waals surface area contributed by atoms with Crippen molar-refractivity contribution in [1.29, 1.82) is 0 Å². The van der Waals surface area contributed by atoms with Crippen molar-refractivity contribution in [3.05, 3.63) is 48.0 Å². The monoisotopic (exact) mass is 387 g/mol. The molecule has 8 heteroatoms. The largest absolute Gasteiger partial charge is 0.497 e. The summed E-state index contributed by atoms with van der Waals surface area (Å²) in [4.78, 5) is 14.5. The maximum atomic E-state index is 12.6. The van der Waals surface area contributed by atoms with Gasteiger partial charge in [0.1, 0.15) is 16.5 Å². The molecule has 7 nitrogen and oxygen atoms in total. The number of amides is 1. The van der Waals surface area contributed by atoms with E-state index >= 15 is 0 Å². The Morgan fingerprint density at radius 1 is 1.22 bits per heavy atom. The Balaban J connectivity index is 1.95. The van der Waals surface area contributed by atoms with E-state index < -0.39 is 15.9 Å². The highest BCUT2D eigenvalue weighted by atomic mass is 32.2. The van der Waals surface area contributed by atoms with Crippen LogP contribution in [0.15, 0.2) is 51.8 Å². The highest BCUT2D eigenvalue weighted by Gasteiger charge is 2.29. The predicted octanol–water partition coefficient (Wildman–Crippen LogP) is 3.28. The number of hydrogen-bond donors (Lipinski definition) is 1. The Morgan fingerprint density at radius 2 is 2.00 bits per heavy atom. The Kier molecular flexibility index (Phi) is 5.18. The van der Waals surface area contributed by atoms with Crippen LogP contribution >= 0.6 is 0 Å². The minimum atomic E-state index is -3.84. The molecule has 1 aliphatic heterocycles. The van der Waals surface area contributed by atoms with E-state index in [1.165, 1.54) is 6.07 Å². The zero-order valence-electron chi connectivity index (χ0n) is 15.4. The maximum absolute atomic E-state index is 12.6. The Hall–Kier alpha value is -2.87. The second kappa shape index (κ2) is 7.40. The molecule has 0 saturated heterocycles. The standard InChI is InChI=1S/C19H21N3O4S/c1-4-10-22-13(2)21-27(24,25)18-11-14(8-9-17(18)22)19(23)20-15-6-5-7-16(12-15)26-3/h5-9,11-12H,4,10H2,1-3H3,(H,20,23). The number of carbonyl (C=O) groups is 1. The lowest BCUT2D eigenvalue weighted by atomic mass is 10.1. The first-order chi connectivity index (χ1) is 12.9. The van der Waals surface area contributed by atoms with Gasteiger partial charge < -0.3 is 15.0 Å². The molecule has 27 heavy (non-hydrogen) atoms. The van der Waals surface area contributed by atoms with Crippen LogP contribution in [0.4, 0.5) is 11.4 Å². The molecular weight excluding hydrogens is 366 g/mol. The van der Waals surface area contributed by atoms with Crippen molar-refractivity contribution >= 4 is 33.1 Å². The van der Waals surface area contributed by atoms with Crippen LogP contribution in [0.5, 0.6) is 5.75 Å². The predicted molar refractivity (Wildman–Crippen MR) is 105 cm³/mol. The Morgan fingerprint density at radius 3 is 2.70 bits per heavy atom. The molecule has 2 aromatic rings. The van der Waals surface area contributed by atoms with E-state index in [2.05, 4.69) is 9.71 Å². The molecule has 0 aromatic heterocycles. The zero-order valence-corrected chi connectivity index (χ0v) is 16.2. The number of hydrogen-bond acceptors (Lipinski definition) is 5. The summed E-state index contributed by atoms with van der Waals surface area (Å²) in [5, 5.41) is 2.75. The van der Waals surface area contributed by atoms with Gasteiger partial charge in [0.15, 0.2) is 0 Å². The molecule has 1 heterocycles. The smallest absolute Gasteiger partial charge is 0.286 e. The first kappa shape index (κ1) is 18.9. The summed E-state index contributed by atoms with van der Waals surface area (Å²) in [6.07, 6.45) is 0.838. The van der Waals surface area contributed by atoms with E-state index in [0.29, 0.717) is 29.5 Å². The molecule has 0 unspecified atom stereocenters. The van der Waals surface area contributed by atoms with E-state index in [0.717, 1.165) is 6.42 Å². The number of amidine groups is 1. The van der Waals surface area contributed by atoms with E-state index in [9.17, 15) is 13.2 Å². The SMILES string of the molecule is CCCN1C(C)=NS(=O)(=O)c2cc(C(=O)Nc3cccc(OC)c3)ccc21. The number of rotatable bonds is 5. The van der Waals surface area contributed by atoms with Gasteiger partial charge in [-0.25, -0.2) is 0 Å². The summed E-state index contributed by atoms with van der Waals surface area (Å²) in [6, 6.07) is 11.6. The number of benzene rings is 2. The van der Waals surface area contributed by atoms with E-state index in [1.807, 2.05) is 11.8 Å². The number of sulfonamides is 1. The average molecular weight is 387 g/mol. The molecule has 1 N–H and O–H groups in total. The number of fused-ring (bicyclic) bond motifs is 1. The molecule has 3 rings (SSSR count). The maximum Gasteiger partial charge on any atom is 0.286 e. The van der Waals surface area contributed by atoms with Crippen molar-refractivity contribution in [2.24, 2.45) is 4.40 Å². The van der Waals surface area contributed by atoms with Gasteiger partial charge in [-0.15, -0.1) is 4.40 Å². The van der Waals surface area contributed by atoms with Crippen LogP contribution in [0, 0.1) is 0 Å². The highest BCUT2D eigenvalue weighted by molar-refractivity contribution is 7.90. The van der Waals surface area contributed by atoms with Crippen LogP contribution in [-0.2, 0) is 10.0 Å². The Labute approximate surface area is 158 Å². The molecular formula is C19H21N3O4S. The number of nitrogens with zero attached hydrogens (tertiary/aromatic N) is 2. The number of carbonyl (C=O) groups excluding carboxylic acids is 1. The molecule has 0 atom stereocenters. The Bertz CT molecular complexity index is 1020. The van der Waals surface area contributed by atoms with Crippen molar-refractivity contribution in [3.8, 4) is 5.75 Å². The van der Waals surface area contributed by atoms with Gasteiger partial charge >= 0.3 is 0 Å². The van der Waals surface area contributed by atoms with Crippen LogP contribution in [0.3, 0.4) is 0 Å². The molecule has 0 saturated carbocycles. The molecule has 2 aromatic carbocycles. The van der Waals surface area contributed by atoms with Crippen molar-refractivity contribution in [1.82, 2.24) is 0 Å². The average Bonchev–Trinajstić information content (AvgIpc) is 2.64. The molecule has 0 radical (unpaired) electrons. The third kappa shape index (κ3) is 3.80. The molecule has 0 fully saturated rings. The van der Waals surface area contributed by atoms with Gasteiger partial charge in [0, 0.05) is 23.9 Å². The van der Waals surface area contributed by atoms with Crippen LogP contribution in [0.25, 0.3) is 0 Å². The van der Waals surface area contributed by atoms with Crippen molar-refractivity contribution in [2.45, 2.75) is 25.2 Å². The lowest BCUT2D eigenvalue weighted by Gasteiger charge is -2.29. The zero-order chi connectivity index (χ0) is 19.6. The van der Waals surface area contributed by atoms with Crippen molar-refractivity contribution in [2.75, 3.05) is 23.9 Å². The lowest BCUT2D eigenvalue weighted by molar-refractivity contribution is 0.102. The molecule has 1 amide bonds. The number of nitrogens with one attached hydrogen (secondary N) is 1. The summed E-state index contributed by atoms with van der Waals surface area (Å²) < 4.78 is 33.9. The molecule has 0 spiro atoms. The second-order valence-electron chi connectivity index (χ2n) is 6.13. The molecule has 0 aliphatic carbocycles. The first-order valence-corrected chi connectivity index (χ1v) is 9.98. The van der Waals surface area contributed by atoms with E-state index in [4.69, 9.17) is 4.74 Å². The second-order valence-corrected chi connectivity index (χ2v) is 7.71. The van der Waals surface area contributed by atoms with E-state index in [1.54, 1.807) is 50.4 Å². The van der Waals surface area contributed by atoms with Gasteiger partial charge in [0.25, 0.3) is 15.9 Å². The molecule has 1 aliphatic rings. The van der Waals surface area contributed by atoms with Crippen molar-refractivity contribution < 1.29 is 17.9 Å². The van der Waals surface area contributed by atoms with Crippen LogP contribution in [0.2, 0.25) is 0 Å². The summed E-state index contributed by atoms with van der Waals surface area (Å²) in [6.45, 7) is 4.32. The number of ether oxygens (including phenoxy) is 1. The van der Waals surface area contributed by atoms with Gasteiger partial charge in [-0.1, -0.05) is 13.0 Å². The fraction of sp³-hybridized carbons (Fsp3) is 0.263. The van der Waals surface area contributed by atoms with E-state index in [-0.39, 0.29) is 10.5 Å². The summed E-state index contributed by atoms with van der Waals surface area (Å²) in [5.41, 5.74) is 1.34. The summed E-state index contributed by atoms with van der Waals surface area (Å²) >= 11 is 0. The normalized spacial score (nSPS) is 14.9. The van der Waals surface area contributed by atoms with Gasteiger partial charge in [0.05, 0.1) is 12.8 Å². The molecule has 142 valence electrons. The summed E-state index contributed by atoms with van der Waals surface area (Å²) in [7, 11) is -2.29. The van der Waals surface area contributed by atoms with Gasteiger partial charge in [-0.05, 0) is 43.7 Å². The summed E-state index contributed by atoms with van der Waals surface area (Å²) in [5.74, 6) is 0.633. The highest BCUT2D eigenvalue weighted by Crippen LogP contribution is 2.33. The number of anilines is 2. The third-order valence-electron chi connectivity index (χ3n) is 4.21. The van der Waals surface area contributed by atoms with Crippen LogP contribution < -0.4 is 15.0 Å². The number of methoxy groups -OCH3 is 1. The minimum absolute atomic E-state index is 0.0415. The van der Waals surface area contributed by atoms with Gasteiger partial charge in [-0.2, -0.15) is 8.42 Å². The lowest BCUT2D eigenvalue weighted by Crippen LogP contribution is -2.34. The third-order valence-corrected chi connectivity index (χ3v) is 5.60.